The number of nitrogens with zero attached hydrogens (tertiary/aromatic N) is 1. The van der Waals surface area contributed by atoms with E-state index in [4.69, 9.17) is 14.0 Å². The predicted octanol–water partition coefficient (Wildman–Crippen LogP) is 3.72. The first kappa shape index (κ1) is 19.5. The van der Waals surface area contributed by atoms with Crippen LogP contribution in [0, 0.1) is 0 Å². The molecule has 0 unspecified atom stereocenters. The molecule has 5 nitrogen and oxygen atoms in total. The minimum absolute atomic E-state index is 0.211. The Morgan fingerprint density at radius 2 is 1.83 bits per heavy atom. The maximum atomic E-state index is 12.1. The first-order valence-corrected chi connectivity index (χ1v) is 12.6. The van der Waals surface area contributed by atoms with E-state index in [0.717, 1.165) is 17.9 Å². The van der Waals surface area contributed by atoms with Crippen molar-refractivity contribution in [2.24, 2.45) is 0 Å². The zero-order chi connectivity index (χ0) is 18.2. The fraction of sp³-hybridized carbons (Fsp3) is 0.824. The van der Waals surface area contributed by atoms with Crippen molar-refractivity contribution >= 4 is 21.3 Å². The minimum Gasteiger partial charge on any atom is -0.450 e. The molecule has 136 valence electrons. The maximum absolute atomic E-state index is 12.1. The Morgan fingerprint density at radius 3 is 2.29 bits per heavy atom. The molecule has 1 amide bonds. The highest BCUT2D eigenvalue weighted by Gasteiger charge is 2.52. The molecule has 0 saturated carbocycles. The van der Waals surface area contributed by atoms with E-state index >= 15 is 0 Å². The third-order valence-corrected chi connectivity index (χ3v) is 6.84. The number of carbonyl (C=O) groups is 1. The van der Waals surface area contributed by atoms with Gasteiger partial charge in [-0.25, -0.2) is 4.79 Å². The number of rotatable bonds is 4. The molecule has 0 aromatic carbocycles. The van der Waals surface area contributed by atoms with Crippen LogP contribution < -0.4 is 0 Å². The smallest absolute Gasteiger partial charge is 0.450 e. The van der Waals surface area contributed by atoms with Gasteiger partial charge < -0.3 is 18.9 Å². The Labute approximate surface area is 147 Å². The maximum Gasteiger partial charge on any atom is 0.490 e. The summed E-state index contributed by atoms with van der Waals surface area (Å²) >= 11 is 0. The molecule has 2 aliphatic heterocycles. The van der Waals surface area contributed by atoms with E-state index < -0.39 is 8.07 Å². The van der Waals surface area contributed by atoms with Crippen molar-refractivity contribution in [2.45, 2.75) is 71.0 Å². The summed E-state index contributed by atoms with van der Waals surface area (Å²) in [7, 11) is -1.48. The summed E-state index contributed by atoms with van der Waals surface area (Å²) in [6.07, 6.45) is 2.60. The van der Waals surface area contributed by atoms with Crippen molar-refractivity contribution in [3.8, 4) is 0 Å². The van der Waals surface area contributed by atoms with Crippen LogP contribution in [-0.4, -0.2) is 57.1 Å². The summed E-state index contributed by atoms with van der Waals surface area (Å²) in [4.78, 5) is 13.9. The Kier molecular flexibility index (Phi) is 5.57. The molecule has 0 spiro atoms. The molecule has 2 aliphatic rings. The predicted molar refractivity (Wildman–Crippen MR) is 99.9 cm³/mol. The number of carbonyl (C=O) groups excluding carboxylic acids is 1. The molecular weight excluding hydrogens is 321 g/mol. The Bertz CT molecular complexity index is 497. The van der Waals surface area contributed by atoms with Crippen LogP contribution in [0.2, 0.25) is 25.7 Å². The first-order chi connectivity index (χ1) is 10.9. The van der Waals surface area contributed by atoms with Crippen molar-refractivity contribution in [3.63, 3.8) is 0 Å². The Morgan fingerprint density at radius 1 is 1.25 bits per heavy atom. The Balaban J connectivity index is 1.85. The van der Waals surface area contributed by atoms with Crippen molar-refractivity contribution in [1.29, 1.82) is 0 Å². The van der Waals surface area contributed by atoms with Crippen LogP contribution in [-0.2, 0) is 14.0 Å². The molecule has 0 bridgehead atoms. The van der Waals surface area contributed by atoms with Gasteiger partial charge in [-0.3, -0.25) is 0 Å². The van der Waals surface area contributed by atoms with Gasteiger partial charge in [-0.15, -0.1) is 0 Å². The standard InChI is InChI=1S/C17H32BNO4Si/c1-16(2)17(3,4)23-18(22-16)14-8-10-19(11-9-14)15(20)21-12-13-24(5,6)7/h8H,9-13H2,1-7H3. The van der Waals surface area contributed by atoms with Gasteiger partial charge in [0.2, 0.25) is 0 Å². The fourth-order valence-electron chi connectivity index (χ4n) is 2.60. The third kappa shape index (κ3) is 4.64. The molecule has 0 atom stereocenters. The van der Waals surface area contributed by atoms with Gasteiger partial charge in [0, 0.05) is 21.2 Å². The summed E-state index contributed by atoms with van der Waals surface area (Å²) in [5.74, 6) is 0. The van der Waals surface area contributed by atoms with Gasteiger partial charge in [0.05, 0.1) is 17.8 Å². The number of hydrogen-bond acceptors (Lipinski definition) is 4. The van der Waals surface area contributed by atoms with Gasteiger partial charge in [0.25, 0.3) is 0 Å². The highest BCUT2D eigenvalue weighted by Crippen LogP contribution is 2.39. The average Bonchev–Trinajstić information content (AvgIpc) is 2.66. The number of amides is 1. The van der Waals surface area contributed by atoms with Crippen molar-refractivity contribution in [2.75, 3.05) is 19.7 Å². The lowest BCUT2D eigenvalue weighted by atomic mass is 9.75. The molecule has 0 aromatic rings. The second-order valence-electron chi connectivity index (χ2n) is 8.99. The zero-order valence-electron chi connectivity index (χ0n) is 16.3. The molecule has 0 N–H and O–H groups in total. The van der Waals surface area contributed by atoms with Gasteiger partial charge in [-0.05, 0) is 45.6 Å². The first-order valence-electron chi connectivity index (χ1n) is 8.88. The van der Waals surface area contributed by atoms with Crippen LogP contribution in [0.3, 0.4) is 0 Å². The third-order valence-electron chi connectivity index (χ3n) is 5.14. The minimum atomic E-state index is -1.17. The van der Waals surface area contributed by atoms with Crippen LogP contribution in [0.5, 0.6) is 0 Å². The quantitative estimate of drug-likeness (QED) is 0.723. The lowest BCUT2D eigenvalue weighted by molar-refractivity contribution is 0.00578. The van der Waals surface area contributed by atoms with Crippen LogP contribution in [0.25, 0.3) is 0 Å². The summed E-state index contributed by atoms with van der Waals surface area (Å²) < 4.78 is 17.6. The normalized spacial score (nSPS) is 23.2. The number of hydrogen-bond donors (Lipinski definition) is 0. The van der Waals surface area contributed by atoms with Gasteiger partial charge in [-0.2, -0.15) is 0 Å². The lowest BCUT2D eigenvalue weighted by Crippen LogP contribution is -2.41. The second kappa shape index (κ2) is 6.84. The lowest BCUT2D eigenvalue weighted by Gasteiger charge is -2.32. The monoisotopic (exact) mass is 353 g/mol. The second-order valence-corrected chi connectivity index (χ2v) is 14.6. The molecule has 2 heterocycles. The molecule has 0 radical (unpaired) electrons. The van der Waals surface area contributed by atoms with E-state index in [-0.39, 0.29) is 24.4 Å². The van der Waals surface area contributed by atoms with Crippen LogP contribution >= 0.6 is 0 Å². The molecule has 2 rings (SSSR count). The van der Waals surface area contributed by atoms with Crippen LogP contribution in [0.4, 0.5) is 4.79 Å². The van der Waals surface area contributed by atoms with Crippen LogP contribution in [0.15, 0.2) is 11.5 Å². The highest BCUT2D eigenvalue weighted by molar-refractivity contribution is 6.76. The number of ether oxygens (including phenoxy) is 1. The molecule has 1 fully saturated rings. The summed E-state index contributed by atoms with van der Waals surface area (Å²) in [5.41, 5.74) is 0.469. The van der Waals surface area contributed by atoms with E-state index in [0.29, 0.717) is 19.7 Å². The van der Waals surface area contributed by atoms with E-state index in [1.165, 1.54) is 0 Å². The SMILES string of the molecule is CC1(C)OB(C2=CCN(C(=O)OCC[Si](C)(C)C)CC2)OC1(C)C. The average molecular weight is 353 g/mol. The van der Waals surface area contributed by atoms with Crippen LogP contribution in [0.1, 0.15) is 34.1 Å². The fourth-order valence-corrected chi connectivity index (χ4v) is 3.31. The van der Waals surface area contributed by atoms with Gasteiger partial charge >= 0.3 is 13.2 Å². The molecule has 0 aliphatic carbocycles. The van der Waals surface area contributed by atoms with E-state index in [2.05, 4.69) is 47.3 Å². The van der Waals surface area contributed by atoms with Crippen molar-refractivity contribution in [3.05, 3.63) is 11.5 Å². The summed E-state index contributed by atoms with van der Waals surface area (Å²) in [6.45, 7) is 16.8. The molecule has 1 saturated heterocycles. The van der Waals surface area contributed by atoms with Gasteiger partial charge in [-0.1, -0.05) is 25.7 Å². The molecule has 0 aromatic heterocycles. The van der Waals surface area contributed by atoms with Gasteiger partial charge in [0.15, 0.2) is 0 Å². The Hall–Kier alpha value is -0.788. The largest absolute Gasteiger partial charge is 0.490 e. The zero-order valence-corrected chi connectivity index (χ0v) is 17.3. The molecule has 24 heavy (non-hydrogen) atoms. The van der Waals surface area contributed by atoms with Crippen molar-refractivity contribution < 1.29 is 18.8 Å². The van der Waals surface area contributed by atoms with Gasteiger partial charge in [0.1, 0.15) is 0 Å². The molecule has 7 heteroatoms. The van der Waals surface area contributed by atoms with E-state index in [1.807, 2.05) is 6.08 Å². The molecular formula is C17H32BNO4Si. The topological polar surface area (TPSA) is 48.0 Å². The van der Waals surface area contributed by atoms with E-state index in [9.17, 15) is 4.79 Å². The highest BCUT2D eigenvalue weighted by atomic mass is 28.3. The summed E-state index contributed by atoms with van der Waals surface area (Å²) in [6, 6.07) is 1.00. The summed E-state index contributed by atoms with van der Waals surface area (Å²) in [5, 5.41) is 0. The van der Waals surface area contributed by atoms with E-state index in [1.54, 1.807) is 4.90 Å². The van der Waals surface area contributed by atoms with Crippen molar-refractivity contribution in [1.82, 2.24) is 4.90 Å².